The summed E-state index contributed by atoms with van der Waals surface area (Å²) < 4.78 is 0. The second-order valence-electron chi connectivity index (χ2n) is 4.62. The molecular weight excluding hydrogens is 172 g/mol. The Labute approximate surface area is 88.7 Å². The summed E-state index contributed by atoms with van der Waals surface area (Å²) in [5.74, 6) is 2.22. The Kier molecular flexibility index (Phi) is 7.51. The van der Waals surface area contributed by atoms with E-state index in [0.29, 0.717) is 6.42 Å². The van der Waals surface area contributed by atoms with Crippen LogP contribution in [0.4, 0.5) is 0 Å². The van der Waals surface area contributed by atoms with E-state index >= 15 is 0 Å². The maximum absolute atomic E-state index is 8.37. The molecular formula is C12H24N2. The SMILES string of the molecule is CC(C)C(CNCCCC#N)C(C)C. The third-order valence-corrected chi connectivity index (χ3v) is 2.73. The third kappa shape index (κ3) is 5.99. The van der Waals surface area contributed by atoms with Crippen molar-refractivity contribution in [3.05, 3.63) is 0 Å². The van der Waals surface area contributed by atoms with Gasteiger partial charge in [0.15, 0.2) is 0 Å². The molecule has 0 saturated heterocycles. The normalized spacial score (nSPS) is 11.3. The highest BCUT2D eigenvalue weighted by Gasteiger charge is 2.16. The molecule has 2 heteroatoms. The molecule has 0 fully saturated rings. The molecule has 0 aromatic heterocycles. The summed E-state index contributed by atoms with van der Waals surface area (Å²) in [5, 5.41) is 11.8. The zero-order chi connectivity index (χ0) is 11.0. The lowest BCUT2D eigenvalue weighted by molar-refractivity contribution is 0.276. The van der Waals surface area contributed by atoms with E-state index in [4.69, 9.17) is 5.26 Å². The number of hydrogen-bond acceptors (Lipinski definition) is 2. The number of rotatable bonds is 7. The molecule has 1 N–H and O–H groups in total. The molecule has 0 aromatic rings. The highest BCUT2D eigenvalue weighted by Crippen LogP contribution is 2.19. The predicted octanol–water partition coefficient (Wildman–Crippen LogP) is 2.81. The fourth-order valence-electron chi connectivity index (χ4n) is 1.80. The number of hydrogen-bond donors (Lipinski definition) is 1. The molecule has 0 rings (SSSR count). The molecule has 0 heterocycles. The molecule has 82 valence electrons. The molecule has 0 saturated carbocycles. The first-order chi connectivity index (χ1) is 6.59. The summed E-state index contributed by atoms with van der Waals surface area (Å²) in [7, 11) is 0. The van der Waals surface area contributed by atoms with Gasteiger partial charge in [-0.1, -0.05) is 27.7 Å². The first-order valence-electron chi connectivity index (χ1n) is 5.67. The Balaban J connectivity index is 3.58. The van der Waals surface area contributed by atoms with Crippen molar-refractivity contribution in [2.24, 2.45) is 17.8 Å². The highest BCUT2D eigenvalue weighted by atomic mass is 14.9. The van der Waals surface area contributed by atoms with Crippen molar-refractivity contribution in [2.75, 3.05) is 13.1 Å². The van der Waals surface area contributed by atoms with Gasteiger partial charge in [0, 0.05) is 6.42 Å². The third-order valence-electron chi connectivity index (χ3n) is 2.73. The van der Waals surface area contributed by atoms with Crippen molar-refractivity contribution in [2.45, 2.75) is 40.5 Å². The molecule has 0 aliphatic heterocycles. The average molecular weight is 196 g/mol. The van der Waals surface area contributed by atoms with Gasteiger partial charge in [-0.2, -0.15) is 5.26 Å². The standard InChI is InChI=1S/C12H24N2/c1-10(2)12(11(3)4)9-14-8-6-5-7-13/h10-12,14H,5-6,8-9H2,1-4H3. The number of unbranched alkanes of at least 4 members (excludes halogenated alkanes) is 1. The zero-order valence-electron chi connectivity index (χ0n) is 10.0. The molecule has 0 aliphatic carbocycles. The maximum atomic E-state index is 8.37. The summed E-state index contributed by atoms with van der Waals surface area (Å²) >= 11 is 0. The average Bonchev–Trinajstić information content (AvgIpc) is 2.09. The van der Waals surface area contributed by atoms with Crippen LogP contribution in [0.3, 0.4) is 0 Å². The zero-order valence-corrected chi connectivity index (χ0v) is 10.0. The summed E-state index contributed by atoms with van der Waals surface area (Å²) in [6.45, 7) is 11.2. The van der Waals surface area contributed by atoms with Gasteiger partial charge in [-0.05, 0) is 37.3 Å². The Hall–Kier alpha value is -0.550. The second-order valence-corrected chi connectivity index (χ2v) is 4.62. The van der Waals surface area contributed by atoms with E-state index in [-0.39, 0.29) is 0 Å². The number of nitriles is 1. The van der Waals surface area contributed by atoms with Gasteiger partial charge in [0.1, 0.15) is 0 Å². The first-order valence-corrected chi connectivity index (χ1v) is 5.67. The van der Waals surface area contributed by atoms with Crippen LogP contribution in [0.15, 0.2) is 0 Å². The van der Waals surface area contributed by atoms with E-state index in [9.17, 15) is 0 Å². The molecule has 14 heavy (non-hydrogen) atoms. The van der Waals surface area contributed by atoms with E-state index in [0.717, 1.165) is 37.3 Å². The van der Waals surface area contributed by atoms with Crippen molar-refractivity contribution in [3.63, 3.8) is 0 Å². The van der Waals surface area contributed by atoms with Gasteiger partial charge in [-0.25, -0.2) is 0 Å². The Morgan fingerprint density at radius 3 is 2.14 bits per heavy atom. The van der Waals surface area contributed by atoms with Crippen molar-refractivity contribution in [1.29, 1.82) is 5.26 Å². The minimum atomic E-state index is 0.668. The fourth-order valence-corrected chi connectivity index (χ4v) is 1.80. The van der Waals surface area contributed by atoms with Crippen LogP contribution >= 0.6 is 0 Å². The lowest BCUT2D eigenvalue weighted by Gasteiger charge is -2.25. The van der Waals surface area contributed by atoms with Crippen LogP contribution < -0.4 is 5.32 Å². The van der Waals surface area contributed by atoms with Crippen LogP contribution in [0.2, 0.25) is 0 Å². The second kappa shape index (κ2) is 7.82. The minimum Gasteiger partial charge on any atom is -0.316 e. The van der Waals surface area contributed by atoms with E-state index in [2.05, 4.69) is 39.1 Å². The fraction of sp³-hybridized carbons (Fsp3) is 0.917. The van der Waals surface area contributed by atoms with Crippen LogP contribution in [-0.4, -0.2) is 13.1 Å². The molecule has 0 bridgehead atoms. The minimum absolute atomic E-state index is 0.668. The van der Waals surface area contributed by atoms with Gasteiger partial charge in [0.05, 0.1) is 6.07 Å². The Bertz CT molecular complexity index is 160. The first kappa shape index (κ1) is 13.4. The molecule has 0 spiro atoms. The monoisotopic (exact) mass is 196 g/mol. The van der Waals surface area contributed by atoms with Gasteiger partial charge < -0.3 is 5.32 Å². The molecule has 0 unspecified atom stereocenters. The Morgan fingerprint density at radius 1 is 1.14 bits per heavy atom. The summed E-state index contributed by atoms with van der Waals surface area (Å²) in [6.07, 6.45) is 1.64. The predicted molar refractivity (Wildman–Crippen MR) is 60.9 cm³/mol. The molecule has 0 atom stereocenters. The Morgan fingerprint density at radius 2 is 1.71 bits per heavy atom. The van der Waals surface area contributed by atoms with Crippen LogP contribution in [0.25, 0.3) is 0 Å². The number of nitrogens with one attached hydrogen (secondary N) is 1. The topological polar surface area (TPSA) is 35.8 Å². The van der Waals surface area contributed by atoms with Crippen LogP contribution in [0, 0.1) is 29.1 Å². The van der Waals surface area contributed by atoms with Crippen molar-refractivity contribution in [3.8, 4) is 6.07 Å². The van der Waals surface area contributed by atoms with Gasteiger partial charge in [-0.3, -0.25) is 0 Å². The molecule has 0 aromatic carbocycles. The quantitative estimate of drug-likeness (QED) is 0.636. The maximum Gasteiger partial charge on any atom is 0.0622 e. The summed E-state index contributed by atoms with van der Waals surface area (Å²) in [6, 6.07) is 2.16. The van der Waals surface area contributed by atoms with Gasteiger partial charge in [-0.15, -0.1) is 0 Å². The van der Waals surface area contributed by atoms with E-state index in [1.54, 1.807) is 0 Å². The van der Waals surface area contributed by atoms with Crippen LogP contribution in [0.1, 0.15) is 40.5 Å². The summed E-state index contributed by atoms with van der Waals surface area (Å²) in [4.78, 5) is 0. The smallest absolute Gasteiger partial charge is 0.0622 e. The largest absolute Gasteiger partial charge is 0.316 e. The lowest BCUT2D eigenvalue weighted by Crippen LogP contribution is -2.30. The van der Waals surface area contributed by atoms with Crippen LogP contribution in [0.5, 0.6) is 0 Å². The van der Waals surface area contributed by atoms with E-state index in [1.165, 1.54) is 0 Å². The van der Waals surface area contributed by atoms with E-state index in [1.807, 2.05) is 0 Å². The highest BCUT2D eigenvalue weighted by molar-refractivity contribution is 4.71. The van der Waals surface area contributed by atoms with Gasteiger partial charge >= 0.3 is 0 Å². The van der Waals surface area contributed by atoms with Gasteiger partial charge in [0.2, 0.25) is 0 Å². The van der Waals surface area contributed by atoms with Crippen molar-refractivity contribution in [1.82, 2.24) is 5.32 Å². The molecule has 2 nitrogen and oxygen atoms in total. The number of nitrogens with zero attached hydrogens (tertiary/aromatic N) is 1. The van der Waals surface area contributed by atoms with Crippen molar-refractivity contribution >= 4 is 0 Å². The van der Waals surface area contributed by atoms with Crippen LogP contribution in [-0.2, 0) is 0 Å². The molecule has 0 amide bonds. The lowest BCUT2D eigenvalue weighted by atomic mass is 9.85. The van der Waals surface area contributed by atoms with E-state index < -0.39 is 0 Å². The van der Waals surface area contributed by atoms with Gasteiger partial charge in [0.25, 0.3) is 0 Å². The van der Waals surface area contributed by atoms with Crippen molar-refractivity contribution < 1.29 is 0 Å². The molecule has 0 radical (unpaired) electrons. The molecule has 0 aliphatic rings. The summed E-state index contributed by atoms with van der Waals surface area (Å²) in [5.41, 5.74) is 0.